The fraction of sp³-hybridized carbons (Fsp3) is 0.182. The summed E-state index contributed by atoms with van der Waals surface area (Å²) in [5, 5.41) is 12.0. The van der Waals surface area contributed by atoms with Crippen LogP contribution in [0.2, 0.25) is 10.0 Å². The number of carbonyl (C=O) groups excluding carboxylic acids is 1. The number of aromatic nitrogens is 4. The van der Waals surface area contributed by atoms with Crippen molar-refractivity contribution < 1.29 is 4.79 Å². The third-order valence-corrected chi connectivity index (χ3v) is 5.83. The van der Waals surface area contributed by atoms with Gasteiger partial charge in [0.1, 0.15) is 11.5 Å². The lowest BCUT2D eigenvalue weighted by atomic mass is 10.0. The van der Waals surface area contributed by atoms with Gasteiger partial charge < -0.3 is 5.32 Å². The Kier molecular flexibility index (Phi) is 5.09. The predicted octanol–water partition coefficient (Wildman–Crippen LogP) is 4.23. The van der Waals surface area contributed by atoms with Crippen molar-refractivity contribution in [2.45, 2.75) is 6.92 Å². The summed E-state index contributed by atoms with van der Waals surface area (Å²) >= 11 is 12.6. The van der Waals surface area contributed by atoms with Crippen molar-refractivity contribution in [3.05, 3.63) is 64.4 Å². The first-order valence-electron chi connectivity index (χ1n) is 9.81. The van der Waals surface area contributed by atoms with Gasteiger partial charge in [-0.1, -0.05) is 53.5 Å². The summed E-state index contributed by atoms with van der Waals surface area (Å²) in [4.78, 5) is 21.7. The van der Waals surface area contributed by atoms with E-state index in [1.807, 2.05) is 48.5 Å². The van der Waals surface area contributed by atoms with Crippen LogP contribution in [0.15, 0.2) is 48.5 Å². The van der Waals surface area contributed by atoms with Crippen LogP contribution in [-0.2, 0) is 4.79 Å². The molecule has 0 bridgehead atoms. The fourth-order valence-corrected chi connectivity index (χ4v) is 3.88. The molecule has 9 heteroatoms. The van der Waals surface area contributed by atoms with Gasteiger partial charge in [-0.2, -0.15) is 14.6 Å². The van der Waals surface area contributed by atoms with Gasteiger partial charge in [0.15, 0.2) is 5.65 Å². The number of hydrogen-bond donors (Lipinski definition) is 2. The van der Waals surface area contributed by atoms with Gasteiger partial charge in [-0.15, -0.1) is 0 Å². The molecule has 2 aromatic carbocycles. The zero-order chi connectivity index (χ0) is 21.5. The number of carbonyl (C=O) groups is 1. The summed E-state index contributed by atoms with van der Waals surface area (Å²) in [6, 6.07) is 14.9. The molecule has 3 heterocycles. The summed E-state index contributed by atoms with van der Waals surface area (Å²) < 4.78 is 1.57. The second kappa shape index (κ2) is 7.92. The quantitative estimate of drug-likeness (QED) is 0.483. The lowest BCUT2D eigenvalue weighted by Gasteiger charge is -2.25. The molecule has 2 N–H and O–H groups in total. The van der Waals surface area contributed by atoms with E-state index >= 15 is 0 Å². The highest BCUT2D eigenvalue weighted by Crippen LogP contribution is 2.38. The van der Waals surface area contributed by atoms with Gasteiger partial charge in [0.25, 0.3) is 0 Å². The van der Waals surface area contributed by atoms with Gasteiger partial charge in [-0.25, -0.2) is 4.98 Å². The summed E-state index contributed by atoms with van der Waals surface area (Å²) in [6.07, 6.45) is 0. The number of fused-ring (bicyclic) bond motifs is 1. The summed E-state index contributed by atoms with van der Waals surface area (Å²) in [5.41, 5.74) is 3.65. The van der Waals surface area contributed by atoms with E-state index in [0.29, 0.717) is 46.2 Å². The Hall–Kier alpha value is -3.00. The molecule has 31 heavy (non-hydrogen) atoms. The molecule has 0 atom stereocenters. The van der Waals surface area contributed by atoms with Gasteiger partial charge in [0.2, 0.25) is 11.9 Å². The van der Waals surface area contributed by atoms with E-state index in [1.165, 1.54) is 0 Å². The molecule has 1 aliphatic heterocycles. The van der Waals surface area contributed by atoms with Crippen molar-refractivity contribution in [3.63, 3.8) is 0 Å². The second-order valence-corrected chi connectivity index (χ2v) is 8.23. The van der Waals surface area contributed by atoms with Crippen LogP contribution in [0.25, 0.3) is 28.0 Å². The zero-order valence-corrected chi connectivity index (χ0v) is 18.1. The maximum atomic E-state index is 12.6. The van der Waals surface area contributed by atoms with E-state index in [0.717, 1.165) is 16.7 Å². The van der Waals surface area contributed by atoms with Crippen molar-refractivity contribution in [2.24, 2.45) is 5.92 Å². The van der Waals surface area contributed by atoms with Gasteiger partial charge in [-0.05, 0) is 30.7 Å². The van der Waals surface area contributed by atoms with Crippen molar-refractivity contribution in [1.82, 2.24) is 24.9 Å². The first kappa shape index (κ1) is 19.9. The van der Waals surface area contributed by atoms with Crippen molar-refractivity contribution >= 4 is 40.7 Å². The summed E-state index contributed by atoms with van der Waals surface area (Å²) in [6.45, 7) is 3.09. The molecule has 1 aliphatic rings. The van der Waals surface area contributed by atoms with E-state index in [2.05, 4.69) is 20.6 Å². The molecule has 7 nitrogen and oxygen atoms in total. The number of hydrogen-bond acceptors (Lipinski definition) is 5. The predicted molar refractivity (Wildman–Crippen MR) is 121 cm³/mol. The highest BCUT2D eigenvalue weighted by molar-refractivity contribution is 6.33. The Labute approximate surface area is 188 Å². The number of halogens is 2. The van der Waals surface area contributed by atoms with E-state index in [-0.39, 0.29) is 11.8 Å². The van der Waals surface area contributed by atoms with E-state index < -0.39 is 0 Å². The average Bonchev–Trinajstić information content (AvgIpc) is 3.07. The molecule has 1 fully saturated rings. The lowest BCUT2D eigenvalue weighted by molar-refractivity contribution is -0.121. The second-order valence-electron chi connectivity index (χ2n) is 7.38. The van der Waals surface area contributed by atoms with E-state index in [4.69, 9.17) is 28.3 Å². The van der Waals surface area contributed by atoms with Crippen LogP contribution in [-0.4, -0.2) is 38.6 Å². The van der Waals surface area contributed by atoms with Gasteiger partial charge in [0.05, 0.1) is 16.5 Å². The highest BCUT2D eigenvalue weighted by atomic mass is 35.5. The number of anilines is 1. The average molecular weight is 453 g/mol. The van der Waals surface area contributed by atoms with E-state index in [9.17, 15) is 4.79 Å². The topological polar surface area (TPSA) is 84.2 Å². The number of rotatable bonds is 4. The van der Waals surface area contributed by atoms with Crippen LogP contribution in [0.4, 0.5) is 5.95 Å². The van der Waals surface area contributed by atoms with Crippen molar-refractivity contribution in [3.8, 4) is 22.4 Å². The number of benzene rings is 2. The zero-order valence-electron chi connectivity index (χ0n) is 16.6. The normalized spacial score (nSPS) is 13.9. The lowest BCUT2D eigenvalue weighted by Crippen LogP contribution is -2.48. The Morgan fingerprint density at radius 1 is 1.10 bits per heavy atom. The summed E-state index contributed by atoms with van der Waals surface area (Å²) in [5.74, 6) is 0.670. The largest absolute Gasteiger partial charge is 0.315 e. The van der Waals surface area contributed by atoms with Crippen molar-refractivity contribution in [1.29, 1.82) is 0 Å². The molecule has 2 aromatic heterocycles. The Bertz CT molecular complexity index is 1300. The smallest absolute Gasteiger partial charge is 0.234 e. The molecule has 0 unspecified atom stereocenters. The van der Waals surface area contributed by atoms with Crippen molar-refractivity contribution in [2.75, 3.05) is 18.4 Å². The van der Waals surface area contributed by atoms with Gasteiger partial charge in [-0.3, -0.25) is 10.1 Å². The SMILES string of the molecule is Cc1nc(NC(=O)C2CNC2)n2nc(-c3ccccc3Cl)c(-c3ccc(Cl)cc3)c2n1. The maximum absolute atomic E-state index is 12.6. The highest BCUT2D eigenvalue weighted by Gasteiger charge is 2.27. The first-order valence-corrected chi connectivity index (χ1v) is 10.6. The molecule has 0 aliphatic carbocycles. The molecule has 156 valence electrons. The van der Waals surface area contributed by atoms with Crippen LogP contribution >= 0.6 is 23.2 Å². The molecule has 0 spiro atoms. The molecule has 1 amide bonds. The maximum Gasteiger partial charge on any atom is 0.234 e. The van der Waals surface area contributed by atoms with Gasteiger partial charge >= 0.3 is 0 Å². The third kappa shape index (κ3) is 3.65. The summed E-state index contributed by atoms with van der Waals surface area (Å²) in [7, 11) is 0. The number of amides is 1. The molecule has 5 rings (SSSR count). The minimum Gasteiger partial charge on any atom is -0.315 e. The fourth-order valence-electron chi connectivity index (χ4n) is 3.53. The monoisotopic (exact) mass is 452 g/mol. The Balaban J connectivity index is 1.75. The van der Waals surface area contributed by atoms with Crippen LogP contribution in [0.3, 0.4) is 0 Å². The van der Waals surface area contributed by atoms with Gasteiger partial charge in [0, 0.05) is 23.7 Å². The minimum atomic E-state index is -0.0963. The molecular weight excluding hydrogens is 435 g/mol. The molecular formula is C22H18Cl2N6O. The standard InChI is InChI=1S/C22H18Cl2N6O/c1-12-26-20-18(13-6-8-15(23)9-7-13)19(16-4-2-3-5-17(16)24)29-30(20)22(27-12)28-21(31)14-10-25-11-14/h2-9,14,25H,10-11H2,1H3,(H,26,27,28,31). The molecule has 1 saturated heterocycles. The van der Waals surface area contributed by atoms with Crippen LogP contribution in [0.5, 0.6) is 0 Å². The van der Waals surface area contributed by atoms with Crippen LogP contribution < -0.4 is 10.6 Å². The third-order valence-electron chi connectivity index (χ3n) is 5.25. The first-order chi connectivity index (χ1) is 15.0. The molecule has 0 radical (unpaired) electrons. The number of nitrogens with one attached hydrogen (secondary N) is 2. The van der Waals surface area contributed by atoms with Crippen LogP contribution in [0.1, 0.15) is 5.82 Å². The Morgan fingerprint density at radius 2 is 1.84 bits per heavy atom. The van der Waals surface area contributed by atoms with Crippen LogP contribution in [0, 0.1) is 12.8 Å². The molecule has 4 aromatic rings. The van der Waals surface area contributed by atoms with E-state index in [1.54, 1.807) is 11.4 Å². The number of nitrogens with zero attached hydrogens (tertiary/aromatic N) is 4. The number of aryl methyl sites for hydroxylation is 1. The minimum absolute atomic E-state index is 0.0837. The Morgan fingerprint density at radius 3 is 2.52 bits per heavy atom. The molecule has 0 saturated carbocycles.